The van der Waals surface area contributed by atoms with E-state index in [0.29, 0.717) is 0 Å². The third-order valence-corrected chi connectivity index (χ3v) is 8.22. The molecule has 0 saturated heterocycles. The van der Waals surface area contributed by atoms with Gasteiger partial charge in [0.25, 0.3) is 0 Å². The maximum atomic E-state index is 12.7. The lowest BCUT2D eigenvalue weighted by Crippen LogP contribution is -2.11. The molecule has 2 aromatic rings. The van der Waals surface area contributed by atoms with Crippen molar-refractivity contribution in [1.29, 1.82) is 0 Å². The fourth-order valence-corrected chi connectivity index (χ4v) is 4.62. The van der Waals surface area contributed by atoms with Crippen molar-refractivity contribution in [2.45, 2.75) is 23.5 Å². The van der Waals surface area contributed by atoms with Gasteiger partial charge in [0.05, 0.1) is 4.90 Å². The molecule has 0 atom stereocenters. The van der Waals surface area contributed by atoms with Crippen molar-refractivity contribution in [3.05, 3.63) is 74.7 Å². The van der Waals surface area contributed by atoms with Gasteiger partial charge in [-0.3, -0.25) is 0 Å². The first kappa shape index (κ1) is 19.0. The summed E-state index contributed by atoms with van der Waals surface area (Å²) in [6.45, 7) is 0. The first-order chi connectivity index (χ1) is 12.7. The van der Waals surface area contributed by atoms with Crippen molar-refractivity contribution < 1.29 is 17.2 Å². The third kappa shape index (κ3) is 3.45. The Balaban J connectivity index is 1.74. The molecule has 0 radical (unpaired) electrons. The second kappa shape index (κ2) is 6.64. The number of halogens is 4. The number of sulfone groups is 1. The topological polar surface area (TPSA) is 34.1 Å². The lowest BCUT2D eigenvalue weighted by atomic mass is 9.95. The standard InChI is InChI=1S/C20H14Br2F2O2S/c21-17-6-3-13(9-18(17)22)16-11-20(7-8-20)10-15(16)12-1-4-14(5-2-12)27(25,26)19(23)24/h1-6,9-11,19H,7-8H2. The molecule has 1 spiro atoms. The van der Waals surface area contributed by atoms with Gasteiger partial charge in [0.1, 0.15) is 0 Å². The Bertz CT molecular complexity index is 1080. The molecule has 27 heavy (non-hydrogen) atoms. The number of hydrogen-bond donors (Lipinski definition) is 0. The predicted octanol–water partition coefficient (Wildman–Crippen LogP) is 6.47. The average Bonchev–Trinajstić information content (AvgIpc) is 3.28. The Morgan fingerprint density at radius 3 is 1.93 bits per heavy atom. The molecule has 2 aromatic carbocycles. The smallest absolute Gasteiger partial charge is 0.218 e. The molecule has 0 unspecified atom stereocenters. The van der Waals surface area contributed by atoms with Crippen molar-refractivity contribution in [1.82, 2.24) is 0 Å². The first-order valence-corrected chi connectivity index (χ1v) is 11.4. The van der Waals surface area contributed by atoms with Crippen molar-refractivity contribution in [3.63, 3.8) is 0 Å². The Hall–Kier alpha value is -1.31. The van der Waals surface area contributed by atoms with E-state index in [0.717, 1.165) is 44.1 Å². The quantitative estimate of drug-likeness (QED) is 0.467. The Labute approximate surface area is 173 Å². The molecule has 1 fully saturated rings. The van der Waals surface area contributed by atoms with Crippen LogP contribution >= 0.6 is 31.9 Å². The summed E-state index contributed by atoms with van der Waals surface area (Å²) in [5.41, 5.74) is 4.01. The molecule has 140 valence electrons. The minimum absolute atomic E-state index is 0.0674. The van der Waals surface area contributed by atoms with E-state index in [1.807, 2.05) is 18.2 Å². The number of benzene rings is 2. The van der Waals surface area contributed by atoms with Crippen LogP contribution in [-0.2, 0) is 9.84 Å². The molecule has 7 heteroatoms. The van der Waals surface area contributed by atoms with E-state index in [2.05, 4.69) is 44.0 Å². The summed E-state index contributed by atoms with van der Waals surface area (Å²) < 4.78 is 50.7. The highest BCUT2D eigenvalue weighted by Gasteiger charge is 2.43. The summed E-state index contributed by atoms with van der Waals surface area (Å²) in [4.78, 5) is -0.363. The van der Waals surface area contributed by atoms with E-state index in [1.54, 1.807) is 12.1 Å². The van der Waals surface area contributed by atoms with Crippen molar-refractivity contribution >= 4 is 52.8 Å². The second-order valence-electron chi connectivity index (χ2n) is 6.81. The van der Waals surface area contributed by atoms with Crippen molar-refractivity contribution in [2.24, 2.45) is 5.41 Å². The maximum Gasteiger partial charge on any atom is 0.341 e. The normalized spacial score (nSPS) is 18.0. The van der Waals surface area contributed by atoms with Crippen molar-refractivity contribution in [3.8, 4) is 0 Å². The zero-order chi connectivity index (χ0) is 19.4. The van der Waals surface area contributed by atoms with E-state index in [9.17, 15) is 17.2 Å². The van der Waals surface area contributed by atoms with Gasteiger partial charge in [0.15, 0.2) is 0 Å². The van der Waals surface area contributed by atoms with Gasteiger partial charge in [-0.1, -0.05) is 30.4 Å². The van der Waals surface area contributed by atoms with E-state index >= 15 is 0 Å². The molecule has 0 N–H and O–H groups in total. The molecule has 4 rings (SSSR count). The van der Waals surface area contributed by atoms with Gasteiger partial charge in [-0.25, -0.2) is 8.42 Å². The van der Waals surface area contributed by atoms with Gasteiger partial charge in [-0.05, 0) is 91.2 Å². The largest absolute Gasteiger partial charge is 0.341 e. The first-order valence-electron chi connectivity index (χ1n) is 8.26. The van der Waals surface area contributed by atoms with Crippen LogP contribution in [0.2, 0.25) is 0 Å². The minimum atomic E-state index is -4.58. The van der Waals surface area contributed by atoms with Crippen LogP contribution in [0.15, 0.2) is 68.5 Å². The molecule has 2 nitrogen and oxygen atoms in total. The highest BCUT2D eigenvalue weighted by atomic mass is 79.9. The number of rotatable bonds is 4. The van der Waals surface area contributed by atoms with Gasteiger partial charge < -0.3 is 0 Å². The summed E-state index contributed by atoms with van der Waals surface area (Å²) in [5.74, 6) is -3.42. The van der Waals surface area contributed by atoms with E-state index in [1.165, 1.54) is 12.1 Å². The molecule has 0 amide bonds. The molecule has 0 bridgehead atoms. The summed E-state index contributed by atoms with van der Waals surface area (Å²) >= 11 is 7.00. The van der Waals surface area contributed by atoms with Gasteiger partial charge >= 0.3 is 5.76 Å². The number of hydrogen-bond acceptors (Lipinski definition) is 2. The van der Waals surface area contributed by atoms with Crippen LogP contribution in [0.1, 0.15) is 24.0 Å². The summed E-state index contributed by atoms with van der Waals surface area (Å²) in [6.07, 6.45) is 6.61. The van der Waals surface area contributed by atoms with Gasteiger partial charge in [-0.2, -0.15) is 8.78 Å². The van der Waals surface area contributed by atoms with E-state index in [-0.39, 0.29) is 10.3 Å². The Morgan fingerprint density at radius 1 is 0.852 bits per heavy atom. The molecule has 0 aliphatic heterocycles. The highest BCUT2D eigenvalue weighted by molar-refractivity contribution is 9.13. The van der Waals surface area contributed by atoms with Crippen LogP contribution in [0.3, 0.4) is 0 Å². The Morgan fingerprint density at radius 2 is 1.41 bits per heavy atom. The summed E-state index contributed by atoms with van der Waals surface area (Å²) in [6, 6.07) is 11.7. The van der Waals surface area contributed by atoms with Gasteiger partial charge in [-0.15, -0.1) is 0 Å². The molecule has 2 aliphatic carbocycles. The van der Waals surface area contributed by atoms with Gasteiger partial charge in [0, 0.05) is 14.4 Å². The van der Waals surface area contributed by atoms with Crippen molar-refractivity contribution in [2.75, 3.05) is 0 Å². The molecule has 1 saturated carbocycles. The fraction of sp³-hybridized carbons (Fsp3) is 0.200. The summed E-state index contributed by atoms with van der Waals surface area (Å²) in [7, 11) is -4.58. The van der Waals surface area contributed by atoms with E-state index < -0.39 is 15.6 Å². The van der Waals surface area contributed by atoms with Crippen LogP contribution in [0.5, 0.6) is 0 Å². The van der Waals surface area contributed by atoms with Crippen LogP contribution in [-0.4, -0.2) is 14.2 Å². The van der Waals surface area contributed by atoms with Crippen LogP contribution < -0.4 is 0 Å². The molecule has 0 aromatic heterocycles. The predicted molar refractivity (Wildman–Crippen MR) is 109 cm³/mol. The van der Waals surface area contributed by atoms with Crippen LogP contribution in [0.4, 0.5) is 8.78 Å². The maximum absolute atomic E-state index is 12.7. The number of alkyl halides is 2. The van der Waals surface area contributed by atoms with Crippen LogP contribution in [0, 0.1) is 5.41 Å². The monoisotopic (exact) mass is 514 g/mol. The fourth-order valence-electron chi connectivity index (χ4n) is 3.27. The summed E-state index contributed by atoms with van der Waals surface area (Å²) in [5, 5.41) is 0. The molecule has 2 aliphatic rings. The zero-order valence-electron chi connectivity index (χ0n) is 13.9. The molecular weight excluding hydrogens is 502 g/mol. The lowest BCUT2D eigenvalue weighted by molar-refractivity contribution is 0.234. The molecule has 0 heterocycles. The third-order valence-electron chi connectivity index (χ3n) is 4.94. The highest BCUT2D eigenvalue weighted by Crippen LogP contribution is 2.57. The zero-order valence-corrected chi connectivity index (χ0v) is 17.9. The second-order valence-corrected chi connectivity index (χ2v) is 10.4. The SMILES string of the molecule is O=S(=O)(c1ccc(C2=CC3(C=C2c2ccc(Br)c(Br)c2)CC3)cc1)C(F)F. The average molecular weight is 516 g/mol. The number of allylic oxidation sites excluding steroid dienone is 4. The lowest BCUT2D eigenvalue weighted by Gasteiger charge is -2.11. The Kier molecular flexibility index (Phi) is 4.68. The van der Waals surface area contributed by atoms with Crippen LogP contribution in [0.25, 0.3) is 11.1 Å². The van der Waals surface area contributed by atoms with Gasteiger partial charge in [0.2, 0.25) is 9.84 Å². The minimum Gasteiger partial charge on any atom is -0.218 e. The molecular formula is C20H14Br2F2O2S. The van der Waals surface area contributed by atoms with E-state index in [4.69, 9.17) is 0 Å².